The number of hydrogen-bond donors (Lipinski definition) is 1. The molecule has 2 saturated heterocycles. The fourth-order valence-electron chi connectivity index (χ4n) is 4.03. The minimum absolute atomic E-state index is 0.138. The van der Waals surface area contributed by atoms with Crippen molar-refractivity contribution in [3.05, 3.63) is 18.5 Å². The molecule has 2 aliphatic rings. The van der Waals surface area contributed by atoms with Crippen molar-refractivity contribution in [3.8, 4) is 11.5 Å². The van der Waals surface area contributed by atoms with Crippen molar-refractivity contribution in [2.75, 3.05) is 45.3 Å². The molecule has 0 bridgehead atoms. The second-order valence-corrected chi connectivity index (χ2v) is 7.05. The highest BCUT2D eigenvalue weighted by molar-refractivity contribution is 5.92. The molecule has 0 unspecified atom stereocenters. The first-order valence-corrected chi connectivity index (χ1v) is 8.65. The van der Waals surface area contributed by atoms with E-state index in [2.05, 4.69) is 14.9 Å². The van der Waals surface area contributed by atoms with Gasteiger partial charge in [0, 0.05) is 43.0 Å². The molecule has 2 fully saturated rings. The van der Waals surface area contributed by atoms with Gasteiger partial charge in [0.1, 0.15) is 12.1 Å². The summed E-state index contributed by atoms with van der Waals surface area (Å²) < 4.78 is 10.8. The summed E-state index contributed by atoms with van der Waals surface area (Å²) in [6, 6.07) is 3.78. The molecule has 26 heavy (non-hydrogen) atoms. The van der Waals surface area contributed by atoms with Gasteiger partial charge in [0.25, 0.3) is 0 Å². The van der Waals surface area contributed by atoms with Crippen LogP contribution < -0.4 is 14.4 Å². The highest BCUT2D eigenvalue weighted by Gasteiger charge is 2.47. The number of rotatable bonds is 3. The summed E-state index contributed by atoms with van der Waals surface area (Å²) in [4.78, 5) is 23.6. The zero-order valence-electron chi connectivity index (χ0n) is 14.9. The van der Waals surface area contributed by atoms with Gasteiger partial charge in [-0.1, -0.05) is 0 Å². The first-order chi connectivity index (χ1) is 12.5. The van der Waals surface area contributed by atoms with Crippen LogP contribution in [0.4, 0.5) is 10.6 Å². The monoisotopic (exact) mass is 358 g/mol. The Kier molecular flexibility index (Phi) is 3.97. The molecule has 1 aromatic carbocycles. The predicted molar refractivity (Wildman–Crippen MR) is 96.1 cm³/mol. The molecular weight excluding hydrogens is 336 g/mol. The third-order valence-corrected chi connectivity index (χ3v) is 5.57. The summed E-state index contributed by atoms with van der Waals surface area (Å²) in [5.74, 6) is 2.19. The highest BCUT2D eigenvalue weighted by atomic mass is 16.5. The standard InChI is InChI=1S/C18H22N4O4/c1-25-14-7-12-13(8-15(14)26-2)19-11-20-16(12)21-5-3-18(4-6-21)9-22(10-18)17(23)24/h7-8,11H,3-6,9-10H2,1-2H3,(H,23,24). The minimum atomic E-state index is -0.819. The number of methoxy groups -OCH3 is 2. The van der Waals surface area contributed by atoms with E-state index in [0.29, 0.717) is 24.6 Å². The lowest BCUT2D eigenvalue weighted by Gasteiger charge is -2.53. The molecular formula is C18H22N4O4. The van der Waals surface area contributed by atoms with E-state index in [1.807, 2.05) is 12.1 Å². The first-order valence-electron chi connectivity index (χ1n) is 8.65. The van der Waals surface area contributed by atoms with Gasteiger partial charge in [-0.25, -0.2) is 14.8 Å². The molecule has 1 aromatic heterocycles. The number of carbonyl (C=O) groups is 1. The molecule has 0 aliphatic carbocycles. The van der Waals surface area contributed by atoms with E-state index in [1.165, 1.54) is 4.90 Å². The number of benzene rings is 1. The fraction of sp³-hybridized carbons (Fsp3) is 0.500. The van der Waals surface area contributed by atoms with Gasteiger partial charge in [-0.2, -0.15) is 0 Å². The van der Waals surface area contributed by atoms with Gasteiger partial charge >= 0.3 is 6.09 Å². The molecule has 0 radical (unpaired) electrons. The second kappa shape index (κ2) is 6.19. The lowest BCUT2D eigenvalue weighted by atomic mass is 9.72. The van der Waals surface area contributed by atoms with Crippen LogP contribution in [0.15, 0.2) is 18.5 Å². The van der Waals surface area contributed by atoms with E-state index >= 15 is 0 Å². The lowest BCUT2D eigenvalue weighted by molar-refractivity contribution is -0.00640. The number of anilines is 1. The predicted octanol–water partition coefficient (Wildman–Crippen LogP) is 2.23. The molecule has 8 nitrogen and oxygen atoms in total. The summed E-state index contributed by atoms with van der Waals surface area (Å²) >= 11 is 0. The number of aromatic nitrogens is 2. The molecule has 138 valence electrons. The summed E-state index contributed by atoms with van der Waals surface area (Å²) in [7, 11) is 3.22. The van der Waals surface area contributed by atoms with Crippen LogP contribution >= 0.6 is 0 Å². The van der Waals surface area contributed by atoms with E-state index in [4.69, 9.17) is 14.6 Å². The van der Waals surface area contributed by atoms with E-state index < -0.39 is 6.09 Å². The first kappa shape index (κ1) is 16.7. The quantitative estimate of drug-likeness (QED) is 0.900. The Labute approximate surface area is 151 Å². The average molecular weight is 358 g/mol. The number of likely N-dealkylation sites (tertiary alicyclic amines) is 1. The van der Waals surface area contributed by atoms with Crippen LogP contribution in [0.2, 0.25) is 0 Å². The molecule has 0 atom stereocenters. The van der Waals surface area contributed by atoms with E-state index in [0.717, 1.165) is 42.7 Å². The molecule has 2 aromatic rings. The van der Waals surface area contributed by atoms with E-state index in [1.54, 1.807) is 20.5 Å². The third kappa shape index (κ3) is 2.65. The SMILES string of the molecule is COc1cc2ncnc(N3CCC4(CC3)CN(C(=O)O)C4)c2cc1OC. The van der Waals surface area contributed by atoms with Gasteiger partial charge in [-0.3, -0.25) is 0 Å². The number of fused-ring (bicyclic) bond motifs is 1. The van der Waals surface area contributed by atoms with Gasteiger partial charge < -0.3 is 24.4 Å². The average Bonchev–Trinajstić information content (AvgIpc) is 2.64. The van der Waals surface area contributed by atoms with Crippen LogP contribution in [-0.2, 0) is 0 Å². The van der Waals surface area contributed by atoms with Gasteiger partial charge in [0.15, 0.2) is 11.5 Å². The highest BCUT2D eigenvalue weighted by Crippen LogP contribution is 2.42. The molecule has 0 saturated carbocycles. The molecule has 1 N–H and O–H groups in total. The van der Waals surface area contributed by atoms with Gasteiger partial charge in [0.05, 0.1) is 19.7 Å². The number of carboxylic acid groups (broad SMARTS) is 1. The Hall–Kier alpha value is -2.77. The number of piperidine rings is 1. The molecule has 8 heteroatoms. The maximum atomic E-state index is 11.0. The summed E-state index contributed by atoms with van der Waals surface area (Å²) in [5.41, 5.74) is 0.951. The molecule has 1 spiro atoms. The Morgan fingerprint density at radius 2 is 1.77 bits per heavy atom. The van der Waals surface area contributed by atoms with Crippen LogP contribution in [0.3, 0.4) is 0 Å². The summed E-state index contributed by atoms with van der Waals surface area (Å²) in [5, 5.41) is 10.00. The molecule has 3 heterocycles. The smallest absolute Gasteiger partial charge is 0.407 e. The van der Waals surface area contributed by atoms with Crippen molar-refractivity contribution in [1.82, 2.24) is 14.9 Å². The second-order valence-electron chi connectivity index (χ2n) is 7.05. The number of amides is 1. The van der Waals surface area contributed by atoms with Crippen LogP contribution in [0.5, 0.6) is 11.5 Å². The lowest BCUT2D eigenvalue weighted by Crippen LogP contribution is -2.61. The van der Waals surface area contributed by atoms with Crippen molar-refractivity contribution in [2.24, 2.45) is 5.41 Å². The Morgan fingerprint density at radius 1 is 1.12 bits per heavy atom. The van der Waals surface area contributed by atoms with E-state index in [9.17, 15) is 4.79 Å². The topological polar surface area (TPSA) is 88.0 Å². The number of hydrogen-bond acceptors (Lipinski definition) is 6. The van der Waals surface area contributed by atoms with Gasteiger partial charge in [0.2, 0.25) is 0 Å². The van der Waals surface area contributed by atoms with Crippen molar-refractivity contribution in [2.45, 2.75) is 12.8 Å². The Morgan fingerprint density at radius 3 is 2.38 bits per heavy atom. The van der Waals surface area contributed by atoms with Crippen LogP contribution in [0.25, 0.3) is 10.9 Å². The van der Waals surface area contributed by atoms with Crippen LogP contribution in [0, 0.1) is 5.41 Å². The van der Waals surface area contributed by atoms with Crippen LogP contribution in [-0.4, -0.2) is 66.5 Å². The normalized spacial score (nSPS) is 18.7. The maximum Gasteiger partial charge on any atom is 0.407 e. The number of ether oxygens (including phenoxy) is 2. The summed E-state index contributed by atoms with van der Waals surface area (Å²) in [6.45, 7) is 3.00. The zero-order chi connectivity index (χ0) is 18.3. The molecule has 2 aliphatic heterocycles. The van der Waals surface area contributed by atoms with Crippen molar-refractivity contribution < 1.29 is 19.4 Å². The Bertz CT molecular complexity index is 840. The van der Waals surface area contributed by atoms with Gasteiger partial charge in [-0.05, 0) is 18.9 Å². The van der Waals surface area contributed by atoms with Crippen molar-refractivity contribution >= 4 is 22.8 Å². The number of nitrogens with zero attached hydrogens (tertiary/aromatic N) is 4. The minimum Gasteiger partial charge on any atom is -0.493 e. The fourth-order valence-corrected chi connectivity index (χ4v) is 4.03. The third-order valence-electron chi connectivity index (χ3n) is 5.57. The molecule has 4 rings (SSSR count). The molecule has 1 amide bonds. The zero-order valence-corrected chi connectivity index (χ0v) is 14.9. The van der Waals surface area contributed by atoms with E-state index in [-0.39, 0.29) is 5.41 Å². The van der Waals surface area contributed by atoms with Crippen molar-refractivity contribution in [3.63, 3.8) is 0 Å². The van der Waals surface area contributed by atoms with Crippen LogP contribution in [0.1, 0.15) is 12.8 Å². The summed E-state index contributed by atoms with van der Waals surface area (Å²) in [6.07, 6.45) is 2.69. The van der Waals surface area contributed by atoms with Crippen molar-refractivity contribution in [1.29, 1.82) is 0 Å². The van der Waals surface area contributed by atoms with Gasteiger partial charge in [-0.15, -0.1) is 0 Å². The largest absolute Gasteiger partial charge is 0.493 e. The maximum absolute atomic E-state index is 11.0. The Balaban J connectivity index is 1.57.